The van der Waals surface area contributed by atoms with Crippen LogP contribution in [0, 0.1) is 24.6 Å². The lowest BCUT2D eigenvalue weighted by atomic mass is 9.91. The van der Waals surface area contributed by atoms with E-state index < -0.39 is 41.3 Å². The van der Waals surface area contributed by atoms with Gasteiger partial charge in [0.05, 0.1) is 19.8 Å². The third kappa shape index (κ3) is 4.33. The third-order valence-corrected chi connectivity index (χ3v) is 4.96. The first kappa shape index (κ1) is 20.2. The lowest BCUT2D eigenvalue weighted by Gasteiger charge is -2.36. The number of hydrogen-bond acceptors (Lipinski definition) is 4. The zero-order chi connectivity index (χ0) is 19.8. The molecule has 8 heteroatoms. The van der Waals surface area contributed by atoms with Gasteiger partial charge in [0.15, 0.2) is 12.1 Å². The number of rotatable bonds is 3. The van der Waals surface area contributed by atoms with E-state index in [0.29, 0.717) is 25.6 Å². The Kier molecular flexibility index (Phi) is 5.88. The van der Waals surface area contributed by atoms with Crippen LogP contribution in [-0.2, 0) is 20.4 Å². The van der Waals surface area contributed by atoms with Gasteiger partial charge in [-0.3, -0.25) is 4.79 Å². The molecule has 0 aliphatic carbocycles. The molecule has 1 unspecified atom stereocenters. The Morgan fingerprint density at radius 3 is 2.30 bits per heavy atom. The van der Waals surface area contributed by atoms with Gasteiger partial charge < -0.3 is 14.2 Å². The van der Waals surface area contributed by atoms with Gasteiger partial charge in [-0.1, -0.05) is 19.1 Å². The van der Waals surface area contributed by atoms with Crippen LogP contribution in [0.15, 0.2) is 12.1 Å². The fourth-order valence-electron chi connectivity index (χ4n) is 3.42. The summed E-state index contributed by atoms with van der Waals surface area (Å²) in [6, 6.07) is 2.20. The molecule has 27 heavy (non-hydrogen) atoms. The molecule has 2 heterocycles. The van der Waals surface area contributed by atoms with Crippen molar-refractivity contribution in [2.75, 3.05) is 19.8 Å². The van der Waals surface area contributed by atoms with Crippen LogP contribution < -0.4 is 0 Å². The Morgan fingerprint density at radius 2 is 1.74 bits per heavy atom. The maximum absolute atomic E-state index is 14.1. The van der Waals surface area contributed by atoms with E-state index >= 15 is 0 Å². The molecule has 1 aromatic rings. The van der Waals surface area contributed by atoms with Crippen LogP contribution >= 0.6 is 0 Å². The van der Waals surface area contributed by atoms with Crippen LogP contribution in [0.3, 0.4) is 0 Å². The molecule has 2 aliphatic rings. The maximum atomic E-state index is 14.1. The van der Waals surface area contributed by atoms with Gasteiger partial charge in [-0.2, -0.15) is 13.2 Å². The van der Waals surface area contributed by atoms with E-state index in [4.69, 9.17) is 14.2 Å². The average molecular weight is 390 g/mol. The summed E-state index contributed by atoms with van der Waals surface area (Å²) in [5.41, 5.74) is -2.37. The monoisotopic (exact) mass is 390 g/mol. The van der Waals surface area contributed by atoms with E-state index in [9.17, 15) is 22.4 Å². The number of carbonyl (C=O) groups excluding carboxylic acids is 1. The Labute approximate surface area is 154 Å². The molecule has 1 aromatic carbocycles. The van der Waals surface area contributed by atoms with Crippen molar-refractivity contribution in [1.82, 2.24) is 0 Å². The Balaban J connectivity index is 1.71. The first-order chi connectivity index (χ1) is 12.7. The molecule has 2 fully saturated rings. The first-order valence-corrected chi connectivity index (χ1v) is 8.93. The first-order valence-electron chi connectivity index (χ1n) is 8.93. The lowest BCUT2D eigenvalue weighted by molar-refractivity contribution is -0.236. The van der Waals surface area contributed by atoms with Crippen molar-refractivity contribution in [3.63, 3.8) is 0 Å². The van der Waals surface area contributed by atoms with Crippen molar-refractivity contribution >= 4 is 5.78 Å². The summed E-state index contributed by atoms with van der Waals surface area (Å²) in [6.07, 6.45) is -5.68. The van der Waals surface area contributed by atoms with Crippen LogP contribution in [0.25, 0.3) is 0 Å². The molecular formula is C19H22F4O4. The number of Topliss-reactive ketones (excluding diaryl/α,β-unsaturated/α-hetero) is 1. The Hall–Kier alpha value is -1.51. The van der Waals surface area contributed by atoms with E-state index in [2.05, 4.69) is 0 Å². The number of benzene rings is 1. The molecule has 2 atom stereocenters. The molecule has 2 saturated heterocycles. The van der Waals surface area contributed by atoms with Crippen molar-refractivity contribution in [2.45, 2.75) is 45.3 Å². The predicted molar refractivity (Wildman–Crippen MR) is 87.8 cm³/mol. The topological polar surface area (TPSA) is 44.8 Å². The highest BCUT2D eigenvalue weighted by atomic mass is 19.4. The van der Waals surface area contributed by atoms with Gasteiger partial charge in [-0.05, 0) is 25.3 Å². The highest BCUT2D eigenvalue weighted by Crippen LogP contribution is 2.37. The number of ketones is 1. The largest absolute Gasteiger partial charge is 0.419 e. The van der Waals surface area contributed by atoms with Gasteiger partial charge in [-0.25, -0.2) is 4.39 Å². The van der Waals surface area contributed by atoms with Gasteiger partial charge in [0, 0.05) is 17.4 Å². The second kappa shape index (κ2) is 7.85. The SMILES string of the molecule is Cc1ccc(C(=O)[C@@H]2CCC(C3OCC(C)CO3)CO2)c(C(F)(F)F)c1F. The molecule has 0 radical (unpaired) electrons. The van der Waals surface area contributed by atoms with Crippen molar-refractivity contribution in [3.8, 4) is 0 Å². The van der Waals surface area contributed by atoms with E-state index in [1.165, 1.54) is 13.0 Å². The maximum Gasteiger partial charge on any atom is 0.419 e. The van der Waals surface area contributed by atoms with Crippen molar-refractivity contribution in [2.24, 2.45) is 11.8 Å². The van der Waals surface area contributed by atoms with Gasteiger partial charge in [0.25, 0.3) is 0 Å². The minimum absolute atomic E-state index is 0.0848. The molecule has 3 rings (SSSR count). The van der Waals surface area contributed by atoms with Crippen LogP contribution in [0.5, 0.6) is 0 Å². The Morgan fingerprint density at radius 1 is 1.07 bits per heavy atom. The summed E-state index contributed by atoms with van der Waals surface area (Å²) in [5.74, 6) is -2.05. The molecule has 2 aliphatic heterocycles. The molecule has 0 saturated carbocycles. The van der Waals surface area contributed by atoms with Crippen LogP contribution in [0.2, 0.25) is 0 Å². The summed E-state index contributed by atoms with van der Waals surface area (Å²) in [4.78, 5) is 12.6. The number of hydrogen-bond donors (Lipinski definition) is 0. The molecular weight excluding hydrogens is 368 g/mol. The summed E-state index contributed by atoms with van der Waals surface area (Å²) >= 11 is 0. The highest BCUT2D eigenvalue weighted by molar-refractivity contribution is 6.01. The summed E-state index contributed by atoms with van der Waals surface area (Å²) in [6.45, 7) is 4.51. The summed E-state index contributed by atoms with van der Waals surface area (Å²) < 4.78 is 70.7. The Bertz CT molecular complexity index is 688. The van der Waals surface area contributed by atoms with E-state index in [0.717, 1.165) is 6.07 Å². The smallest absolute Gasteiger partial charge is 0.370 e. The van der Waals surface area contributed by atoms with Gasteiger partial charge in [0.1, 0.15) is 17.5 Å². The van der Waals surface area contributed by atoms with E-state index in [1.807, 2.05) is 6.92 Å². The highest BCUT2D eigenvalue weighted by Gasteiger charge is 2.42. The molecule has 0 spiro atoms. The molecule has 0 N–H and O–H groups in total. The second-order valence-corrected chi connectivity index (χ2v) is 7.28. The van der Waals surface area contributed by atoms with Gasteiger partial charge >= 0.3 is 6.18 Å². The summed E-state index contributed by atoms with van der Waals surface area (Å²) in [5, 5.41) is 0. The predicted octanol–water partition coefficient (Wildman–Crippen LogP) is 4.14. The van der Waals surface area contributed by atoms with Crippen LogP contribution in [-0.4, -0.2) is 38.0 Å². The number of carbonyl (C=O) groups is 1. The number of alkyl halides is 3. The van der Waals surface area contributed by atoms with Crippen molar-refractivity contribution < 1.29 is 36.6 Å². The second-order valence-electron chi connectivity index (χ2n) is 7.28. The number of aryl methyl sites for hydroxylation is 1. The third-order valence-electron chi connectivity index (χ3n) is 4.96. The number of halogens is 4. The number of ether oxygens (including phenoxy) is 3. The average Bonchev–Trinajstić information content (AvgIpc) is 2.63. The van der Waals surface area contributed by atoms with E-state index in [-0.39, 0.29) is 24.5 Å². The van der Waals surface area contributed by atoms with Crippen molar-refractivity contribution in [1.29, 1.82) is 0 Å². The molecule has 0 bridgehead atoms. The van der Waals surface area contributed by atoms with Crippen molar-refractivity contribution in [3.05, 3.63) is 34.6 Å². The minimum atomic E-state index is -4.96. The molecule has 150 valence electrons. The van der Waals surface area contributed by atoms with Gasteiger partial charge in [-0.15, -0.1) is 0 Å². The van der Waals surface area contributed by atoms with Crippen LogP contribution in [0.4, 0.5) is 17.6 Å². The fraction of sp³-hybridized carbons (Fsp3) is 0.632. The zero-order valence-electron chi connectivity index (χ0n) is 15.1. The normalized spacial score (nSPS) is 29.6. The van der Waals surface area contributed by atoms with Gasteiger partial charge in [0.2, 0.25) is 0 Å². The minimum Gasteiger partial charge on any atom is -0.370 e. The van der Waals surface area contributed by atoms with E-state index in [1.54, 1.807) is 0 Å². The standard InChI is InChI=1S/C19H22F4O4/c1-10-7-26-18(27-8-10)12-4-6-14(25-9-12)17(24)13-5-3-11(2)16(20)15(13)19(21,22)23/h3,5,10,12,14,18H,4,6-9H2,1-2H3/t10?,12?,14-,18?/m0/s1. The zero-order valence-corrected chi connectivity index (χ0v) is 15.1. The lowest BCUT2D eigenvalue weighted by Crippen LogP contribution is -2.42. The quantitative estimate of drug-likeness (QED) is 0.575. The fourth-order valence-corrected chi connectivity index (χ4v) is 3.42. The molecule has 4 nitrogen and oxygen atoms in total. The molecule has 0 aromatic heterocycles. The van der Waals surface area contributed by atoms with Crippen LogP contribution in [0.1, 0.15) is 41.3 Å². The molecule has 0 amide bonds. The summed E-state index contributed by atoms with van der Waals surface area (Å²) in [7, 11) is 0.